The first-order valence-electron chi connectivity index (χ1n) is 5.35. The molecule has 0 fully saturated rings. The molecule has 7 heteroatoms. The lowest BCUT2D eigenvalue weighted by atomic mass is 10.2. The molecule has 0 bridgehead atoms. The number of halogens is 2. The van der Waals surface area contributed by atoms with Crippen molar-refractivity contribution in [3.05, 3.63) is 34.1 Å². The molecule has 4 nitrogen and oxygen atoms in total. The molecule has 0 amide bonds. The van der Waals surface area contributed by atoms with Crippen LogP contribution in [0.4, 0.5) is 0 Å². The van der Waals surface area contributed by atoms with Gasteiger partial charge in [0.25, 0.3) is 0 Å². The fourth-order valence-electron chi connectivity index (χ4n) is 1.62. The first-order chi connectivity index (χ1) is 8.69. The molecule has 0 aliphatic carbocycles. The molecule has 18 heavy (non-hydrogen) atoms. The number of hydrogen-bond donors (Lipinski definition) is 0. The van der Waals surface area contributed by atoms with E-state index in [2.05, 4.69) is 15.3 Å². The van der Waals surface area contributed by atoms with E-state index in [1.165, 1.54) is 11.3 Å². The number of aryl methyl sites for hydroxylation is 1. The van der Waals surface area contributed by atoms with Gasteiger partial charge in [0, 0.05) is 12.0 Å². The zero-order chi connectivity index (χ0) is 12.7. The summed E-state index contributed by atoms with van der Waals surface area (Å²) < 4.78 is 1.77. The van der Waals surface area contributed by atoms with Crippen LogP contribution in [0.1, 0.15) is 12.7 Å². The molecular formula is C11H8Cl2N4S. The normalized spacial score (nSPS) is 11.3. The van der Waals surface area contributed by atoms with Crippen LogP contribution in [0.2, 0.25) is 10.0 Å². The first-order valence-corrected chi connectivity index (χ1v) is 6.93. The largest absolute Gasteiger partial charge is 0.234 e. The van der Waals surface area contributed by atoms with Gasteiger partial charge < -0.3 is 0 Å². The van der Waals surface area contributed by atoms with Gasteiger partial charge in [-0.15, -0.1) is 10.2 Å². The van der Waals surface area contributed by atoms with Crippen molar-refractivity contribution in [3.63, 3.8) is 0 Å². The Morgan fingerprint density at radius 3 is 2.78 bits per heavy atom. The molecule has 0 N–H and O–H groups in total. The standard InChI is InChI=1S/C11H8Cl2N4S/c1-2-9-14-15-11-17(9)16-10(18-11)6-3-4-7(12)8(13)5-6/h3-5H,2H2,1H3. The lowest BCUT2D eigenvalue weighted by Crippen LogP contribution is -1.93. The van der Waals surface area contributed by atoms with Gasteiger partial charge in [-0.25, -0.2) is 0 Å². The third kappa shape index (κ3) is 1.88. The summed E-state index contributed by atoms with van der Waals surface area (Å²) in [4.78, 5) is 0.785. The molecule has 92 valence electrons. The maximum absolute atomic E-state index is 6.01. The van der Waals surface area contributed by atoms with Crippen molar-refractivity contribution in [1.29, 1.82) is 0 Å². The summed E-state index contributed by atoms with van der Waals surface area (Å²) >= 11 is 13.4. The third-order valence-electron chi connectivity index (χ3n) is 2.54. The molecule has 0 saturated carbocycles. The molecule has 3 rings (SSSR count). The van der Waals surface area contributed by atoms with Crippen LogP contribution in [0.3, 0.4) is 0 Å². The average molecular weight is 299 g/mol. The molecule has 0 spiro atoms. The molecule has 3 aromatic rings. The van der Waals surface area contributed by atoms with Crippen LogP contribution >= 0.6 is 34.5 Å². The van der Waals surface area contributed by atoms with Crippen molar-refractivity contribution >= 4 is 39.5 Å². The highest BCUT2D eigenvalue weighted by molar-refractivity contribution is 7.19. The van der Waals surface area contributed by atoms with Crippen molar-refractivity contribution in [2.75, 3.05) is 0 Å². The summed E-state index contributed by atoms with van der Waals surface area (Å²) in [6.07, 6.45) is 0.797. The van der Waals surface area contributed by atoms with Gasteiger partial charge in [0.05, 0.1) is 10.0 Å². The molecule has 0 saturated heterocycles. The molecule has 0 unspecified atom stereocenters. The van der Waals surface area contributed by atoms with Gasteiger partial charge in [-0.2, -0.15) is 9.61 Å². The Morgan fingerprint density at radius 1 is 1.22 bits per heavy atom. The lowest BCUT2D eigenvalue weighted by Gasteiger charge is -1.98. The van der Waals surface area contributed by atoms with Crippen LogP contribution in [0.25, 0.3) is 15.5 Å². The Labute approximate surface area is 117 Å². The molecule has 0 aliphatic rings. The van der Waals surface area contributed by atoms with Gasteiger partial charge in [0.1, 0.15) is 5.01 Å². The minimum atomic E-state index is 0.524. The van der Waals surface area contributed by atoms with Crippen molar-refractivity contribution < 1.29 is 0 Å². The van der Waals surface area contributed by atoms with Crippen LogP contribution in [0.15, 0.2) is 18.2 Å². The van der Waals surface area contributed by atoms with Gasteiger partial charge in [-0.3, -0.25) is 0 Å². The van der Waals surface area contributed by atoms with Crippen molar-refractivity contribution in [2.45, 2.75) is 13.3 Å². The Hall–Kier alpha value is -1.17. The Morgan fingerprint density at radius 2 is 2.06 bits per heavy atom. The number of rotatable bonds is 2. The molecule has 2 aromatic heterocycles. The molecule has 0 aliphatic heterocycles. The second kappa shape index (κ2) is 4.50. The second-order valence-corrected chi connectivity index (χ2v) is 5.47. The van der Waals surface area contributed by atoms with Crippen molar-refractivity contribution in [2.24, 2.45) is 0 Å². The van der Waals surface area contributed by atoms with E-state index >= 15 is 0 Å². The highest BCUT2D eigenvalue weighted by atomic mass is 35.5. The number of aromatic nitrogens is 4. The quantitative estimate of drug-likeness (QED) is 0.724. The lowest BCUT2D eigenvalue weighted by molar-refractivity contribution is 0.838. The van der Waals surface area contributed by atoms with E-state index < -0.39 is 0 Å². The summed E-state index contributed by atoms with van der Waals surface area (Å²) in [5, 5.41) is 14.6. The first kappa shape index (κ1) is 11.9. The van der Waals surface area contributed by atoms with Gasteiger partial charge in [0.2, 0.25) is 4.96 Å². The maximum atomic E-state index is 6.01. The van der Waals surface area contributed by atoms with E-state index in [9.17, 15) is 0 Å². The Kier molecular flexibility index (Phi) is 2.97. The van der Waals surface area contributed by atoms with Crippen LogP contribution in [0, 0.1) is 0 Å². The Bertz CT molecular complexity index is 719. The van der Waals surface area contributed by atoms with Crippen molar-refractivity contribution in [3.8, 4) is 10.6 Å². The van der Waals surface area contributed by atoms with Crippen LogP contribution in [0.5, 0.6) is 0 Å². The zero-order valence-electron chi connectivity index (χ0n) is 9.39. The number of nitrogens with zero attached hydrogens (tertiary/aromatic N) is 4. The summed E-state index contributed by atoms with van der Waals surface area (Å²) in [5.41, 5.74) is 0.932. The predicted octanol–water partition coefficient (Wildman–Crippen LogP) is 3.72. The van der Waals surface area contributed by atoms with Crippen LogP contribution < -0.4 is 0 Å². The minimum Gasteiger partial charge on any atom is -0.187 e. The van der Waals surface area contributed by atoms with E-state index in [1.807, 2.05) is 13.0 Å². The van der Waals surface area contributed by atoms with E-state index in [0.29, 0.717) is 10.0 Å². The highest BCUT2D eigenvalue weighted by Crippen LogP contribution is 2.30. The van der Waals surface area contributed by atoms with E-state index in [-0.39, 0.29) is 0 Å². The SMILES string of the molecule is CCc1nnc2sc(-c3ccc(Cl)c(Cl)c3)nn12. The van der Waals surface area contributed by atoms with Gasteiger partial charge >= 0.3 is 0 Å². The minimum absolute atomic E-state index is 0.524. The second-order valence-electron chi connectivity index (χ2n) is 3.70. The van der Waals surface area contributed by atoms with Crippen molar-refractivity contribution in [1.82, 2.24) is 19.8 Å². The van der Waals surface area contributed by atoms with E-state index in [1.54, 1.807) is 16.6 Å². The molecule has 1 aromatic carbocycles. The van der Waals surface area contributed by atoms with Gasteiger partial charge in [-0.1, -0.05) is 47.5 Å². The Balaban J connectivity index is 2.13. The third-order valence-corrected chi connectivity index (χ3v) is 4.23. The summed E-state index contributed by atoms with van der Waals surface area (Å²) in [6, 6.07) is 5.47. The van der Waals surface area contributed by atoms with Crippen LogP contribution in [-0.4, -0.2) is 19.8 Å². The van der Waals surface area contributed by atoms with Gasteiger partial charge in [-0.05, 0) is 12.1 Å². The molecule has 2 heterocycles. The predicted molar refractivity (Wildman–Crippen MR) is 73.5 cm³/mol. The fraction of sp³-hybridized carbons (Fsp3) is 0.182. The van der Waals surface area contributed by atoms with Crippen LogP contribution in [-0.2, 0) is 6.42 Å². The topological polar surface area (TPSA) is 43.1 Å². The summed E-state index contributed by atoms with van der Waals surface area (Å²) in [7, 11) is 0. The van der Waals surface area contributed by atoms with E-state index in [4.69, 9.17) is 23.2 Å². The smallest absolute Gasteiger partial charge is 0.187 e. The summed E-state index contributed by atoms with van der Waals surface area (Å²) in [6.45, 7) is 2.02. The number of hydrogen-bond acceptors (Lipinski definition) is 4. The fourth-order valence-corrected chi connectivity index (χ4v) is 2.78. The number of fused-ring (bicyclic) bond motifs is 1. The summed E-state index contributed by atoms with van der Waals surface area (Å²) in [5.74, 6) is 0.854. The molecule has 0 atom stereocenters. The maximum Gasteiger partial charge on any atom is 0.234 e. The highest BCUT2D eigenvalue weighted by Gasteiger charge is 2.12. The van der Waals surface area contributed by atoms with Gasteiger partial charge in [0.15, 0.2) is 5.82 Å². The monoisotopic (exact) mass is 298 g/mol. The molecular weight excluding hydrogens is 291 g/mol. The zero-order valence-corrected chi connectivity index (χ0v) is 11.7. The average Bonchev–Trinajstić information content (AvgIpc) is 2.92. The van der Waals surface area contributed by atoms with E-state index in [0.717, 1.165) is 27.8 Å². The molecule has 0 radical (unpaired) electrons. The number of benzene rings is 1.